The van der Waals surface area contributed by atoms with Crippen molar-refractivity contribution in [2.24, 2.45) is 4.99 Å². The van der Waals surface area contributed by atoms with Gasteiger partial charge in [-0.3, -0.25) is 4.99 Å². The average Bonchev–Trinajstić information content (AvgIpc) is 3.01. The largest absolute Gasteiger partial charge is 0.324 e. The Kier molecular flexibility index (Phi) is 5.84. The summed E-state index contributed by atoms with van der Waals surface area (Å²) in [6.45, 7) is 9.97. The first-order valence-corrected chi connectivity index (χ1v) is 11.1. The van der Waals surface area contributed by atoms with Crippen molar-refractivity contribution in [1.29, 1.82) is 0 Å². The highest BCUT2D eigenvalue weighted by Crippen LogP contribution is 2.43. The highest BCUT2D eigenvalue weighted by Gasteiger charge is 2.17. The molecule has 0 saturated heterocycles. The van der Waals surface area contributed by atoms with E-state index < -0.39 is 0 Å². The molecule has 0 fully saturated rings. The minimum absolute atomic E-state index is 0.847. The highest BCUT2D eigenvalue weighted by atomic mass is 32.2. The van der Waals surface area contributed by atoms with E-state index >= 15 is 0 Å². The van der Waals surface area contributed by atoms with Crippen molar-refractivity contribution in [1.82, 2.24) is 0 Å². The molecule has 1 aromatic heterocycles. The molecule has 1 N–H and O–H groups in total. The predicted octanol–water partition coefficient (Wildman–Crippen LogP) is 7.94. The summed E-state index contributed by atoms with van der Waals surface area (Å²) >= 11 is 3.35. The number of anilines is 1. The summed E-state index contributed by atoms with van der Waals surface area (Å²) in [7, 11) is 0. The summed E-state index contributed by atoms with van der Waals surface area (Å²) in [4.78, 5) is 8.28. The van der Waals surface area contributed by atoms with Gasteiger partial charge in [0.25, 0.3) is 0 Å². The van der Waals surface area contributed by atoms with Gasteiger partial charge in [0.05, 0.1) is 11.4 Å². The molecular weight excluding hydrogens is 392 g/mol. The van der Waals surface area contributed by atoms with Crippen LogP contribution in [0.3, 0.4) is 0 Å². The molecule has 4 rings (SSSR count). The van der Waals surface area contributed by atoms with Crippen LogP contribution in [0.2, 0.25) is 0 Å². The van der Waals surface area contributed by atoms with Crippen molar-refractivity contribution >= 4 is 53.0 Å². The molecule has 0 radical (unpaired) electrons. The van der Waals surface area contributed by atoms with Crippen LogP contribution in [0, 0.1) is 6.92 Å². The van der Waals surface area contributed by atoms with E-state index in [-0.39, 0.29) is 0 Å². The molecule has 0 aliphatic carbocycles. The lowest BCUT2D eigenvalue weighted by atomic mass is 9.99. The van der Waals surface area contributed by atoms with Crippen molar-refractivity contribution < 1.29 is 0 Å². The van der Waals surface area contributed by atoms with E-state index in [9.17, 15) is 0 Å². The third-order valence-electron chi connectivity index (χ3n) is 4.79. The zero-order chi connectivity index (χ0) is 20.2. The fourth-order valence-electron chi connectivity index (χ4n) is 3.26. The summed E-state index contributed by atoms with van der Waals surface area (Å²) in [5, 5.41) is 0. The third-order valence-corrected chi connectivity index (χ3v) is 6.80. The Morgan fingerprint density at radius 2 is 1.93 bits per heavy atom. The van der Waals surface area contributed by atoms with Crippen LogP contribution < -0.4 is 4.72 Å². The van der Waals surface area contributed by atoms with Gasteiger partial charge in [0.2, 0.25) is 0 Å². The van der Waals surface area contributed by atoms with Gasteiger partial charge in [0, 0.05) is 20.9 Å². The van der Waals surface area contributed by atoms with Crippen molar-refractivity contribution in [3.05, 3.63) is 89.3 Å². The molecule has 1 aliphatic heterocycles. The minimum Gasteiger partial charge on any atom is -0.324 e. The number of aryl methyl sites for hydroxylation is 1. The van der Waals surface area contributed by atoms with Gasteiger partial charge >= 0.3 is 0 Å². The number of nitrogens with zero attached hydrogens (tertiary/aromatic N) is 1. The van der Waals surface area contributed by atoms with Gasteiger partial charge in [-0.25, -0.2) is 0 Å². The first-order valence-electron chi connectivity index (χ1n) is 9.43. The van der Waals surface area contributed by atoms with Crippen LogP contribution in [-0.4, -0.2) is 6.21 Å². The van der Waals surface area contributed by atoms with Crippen LogP contribution in [0.1, 0.15) is 21.6 Å². The Morgan fingerprint density at radius 3 is 2.66 bits per heavy atom. The molecule has 1 aliphatic rings. The number of thiophene rings is 1. The third kappa shape index (κ3) is 4.14. The van der Waals surface area contributed by atoms with Crippen LogP contribution >= 0.6 is 23.3 Å². The monoisotopic (exact) mass is 414 g/mol. The predicted molar refractivity (Wildman–Crippen MR) is 132 cm³/mol. The number of nitrogens with one attached hydrogen (secondary N) is 1. The summed E-state index contributed by atoms with van der Waals surface area (Å²) in [5.74, 6) is 0. The van der Waals surface area contributed by atoms with E-state index in [0.29, 0.717) is 0 Å². The maximum atomic E-state index is 4.75. The van der Waals surface area contributed by atoms with Crippen molar-refractivity contribution in [2.45, 2.75) is 18.2 Å². The number of rotatable bonds is 6. The fraction of sp³-hybridized carbons (Fsp3) is 0.0800. The van der Waals surface area contributed by atoms with Crippen LogP contribution in [0.15, 0.2) is 77.7 Å². The second-order valence-corrected chi connectivity index (χ2v) is 8.72. The second-order valence-electron chi connectivity index (χ2n) is 6.75. The Bertz CT molecular complexity index is 1090. The van der Waals surface area contributed by atoms with Gasteiger partial charge in [-0.05, 0) is 72.3 Å². The number of allylic oxidation sites excluding steroid dienone is 2. The van der Waals surface area contributed by atoms with Crippen LogP contribution in [0.4, 0.5) is 11.4 Å². The zero-order valence-corrected chi connectivity index (χ0v) is 17.9. The van der Waals surface area contributed by atoms with Crippen LogP contribution in [0.5, 0.6) is 0 Å². The second kappa shape index (κ2) is 8.68. The lowest BCUT2D eigenvalue weighted by molar-refractivity contribution is 1.27. The number of hydrogen-bond acceptors (Lipinski definition) is 4. The molecule has 0 bridgehead atoms. The summed E-state index contributed by atoms with van der Waals surface area (Å²) in [6.07, 6.45) is 10.7. The number of fused-ring (bicyclic) bond motifs is 1. The molecule has 29 heavy (non-hydrogen) atoms. The van der Waals surface area contributed by atoms with E-state index in [1.807, 2.05) is 24.4 Å². The molecule has 2 aromatic carbocycles. The quantitative estimate of drug-likeness (QED) is 0.414. The molecule has 144 valence electrons. The Hall–Kier alpha value is -2.82. The van der Waals surface area contributed by atoms with Gasteiger partial charge < -0.3 is 4.72 Å². The average molecular weight is 415 g/mol. The Morgan fingerprint density at radius 1 is 1.10 bits per heavy atom. The summed E-state index contributed by atoms with van der Waals surface area (Å²) in [5.41, 5.74) is 6.86. The molecule has 2 nitrogen and oxygen atoms in total. The Labute approximate surface area is 180 Å². The van der Waals surface area contributed by atoms with Gasteiger partial charge in [0.15, 0.2) is 0 Å². The first-order chi connectivity index (χ1) is 14.2. The van der Waals surface area contributed by atoms with Crippen molar-refractivity contribution in [3.8, 4) is 10.4 Å². The number of aliphatic imine (C=N–C) groups is 1. The van der Waals surface area contributed by atoms with Crippen LogP contribution in [0.25, 0.3) is 22.6 Å². The number of benzene rings is 2. The van der Waals surface area contributed by atoms with E-state index in [4.69, 9.17) is 4.99 Å². The Balaban J connectivity index is 1.72. The lowest BCUT2D eigenvalue weighted by Crippen LogP contribution is -1.94. The lowest BCUT2D eigenvalue weighted by Gasteiger charge is -2.15. The standard InChI is InChI=1S/C25H22N2S2/c1-4-18-16-24(28-23(18)5-2)20-13-14-22(25-21(20)8-6-7-15-26-25)27-29-19-11-9-17(3)10-12-19/h4-7,9-16,27H,1-2,8H2,3H3. The van der Waals surface area contributed by atoms with Gasteiger partial charge in [-0.15, -0.1) is 11.3 Å². The molecule has 0 unspecified atom stereocenters. The fourth-order valence-corrected chi connectivity index (χ4v) is 4.99. The van der Waals surface area contributed by atoms with Gasteiger partial charge in [-0.2, -0.15) is 0 Å². The maximum Gasteiger partial charge on any atom is 0.0911 e. The molecule has 3 aromatic rings. The maximum absolute atomic E-state index is 4.75. The minimum atomic E-state index is 0.847. The molecule has 0 amide bonds. The molecule has 0 saturated carbocycles. The first kappa shape index (κ1) is 19.5. The summed E-state index contributed by atoms with van der Waals surface area (Å²) in [6, 6.07) is 15.0. The van der Waals surface area contributed by atoms with E-state index in [0.717, 1.165) is 28.2 Å². The van der Waals surface area contributed by atoms with Gasteiger partial charge in [0.1, 0.15) is 0 Å². The van der Waals surface area contributed by atoms with E-state index in [2.05, 4.69) is 73.3 Å². The molecular formula is C25H22N2S2. The van der Waals surface area contributed by atoms with E-state index in [1.54, 1.807) is 23.3 Å². The number of hydrogen-bond donors (Lipinski definition) is 1. The smallest absolute Gasteiger partial charge is 0.0911 e. The van der Waals surface area contributed by atoms with Crippen molar-refractivity contribution in [3.63, 3.8) is 0 Å². The zero-order valence-electron chi connectivity index (χ0n) is 16.3. The molecule has 4 heteroatoms. The van der Waals surface area contributed by atoms with Gasteiger partial charge in [-0.1, -0.05) is 55.1 Å². The molecule has 0 spiro atoms. The normalized spacial score (nSPS) is 12.3. The van der Waals surface area contributed by atoms with Crippen molar-refractivity contribution in [2.75, 3.05) is 4.72 Å². The SMILES string of the molecule is C=Cc1cc(-c2ccc(NSc3ccc(C)cc3)c3c2CC=CC=N3)sc1C=C. The topological polar surface area (TPSA) is 24.4 Å². The highest BCUT2D eigenvalue weighted by molar-refractivity contribution is 8.00. The van der Waals surface area contributed by atoms with E-state index in [1.165, 1.54) is 26.5 Å². The summed E-state index contributed by atoms with van der Waals surface area (Å²) < 4.78 is 3.50. The molecule has 2 heterocycles. The van der Waals surface area contributed by atoms with Crippen LogP contribution in [-0.2, 0) is 6.42 Å². The molecule has 0 atom stereocenters.